The van der Waals surface area contributed by atoms with Gasteiger partial charge >= 0.3 is 6.18 Å². The fourth-order valence-electron chi connectivity index (χ4n) is 2.67. The molecule has 10 heteroatoms. The predicted octanol–water partition coefficient (Wildman–Crippen LogP) is 4.83. The van der Waals surface area contributed by atoms with Gasteiger partial charge in [0.25, 0.3) is 0 Å². The molecule has 0 spiro atoms. The molecule has 0 aliphatic carbocycles. The maximum atomic E-state index is 12.6. The maximum absolute atomic E-state index is 12.6. The number of benzene rings is 1. The Hall–Kier alpha value is -0.110. The monoisotopic (exact) mass is 428 g/mol. The highest BCUT2D eigenvalue weighted by Gasteiger charge is 2.32. The Kier molecular flexibility index (Phi) is 10.1. The number of piperazine rings is 1. The number of hydrogen-bond acceptors (Lipinski definition) is 3. The van der Waals surface area contributed by atoms with E-state index in [9.17, 15) is 18.3 Å². The summed E-state index contributed by atoms with van der Waals surface area (Å²) >= 11 is 11.9. The van der Waals surface area contributed by atoms with Gasteiger partial charge in [-0.25, -0.2) is 0 Å². The van der Waals surface area contributed by atoms with E-state index in [2.05, 4.69) is 5.32 Å². The molecule has 0 aromatic heterocycles. The van der Waals surface area contributed by atoms with Crippen LogP contribution >= 0.6 is 48.0 Å². The largest absolute Gasteiger partial charge is 0.506 e. The zero-order valence-electron chi connectivity index (χ0n) is 12.6. The van der Waals surface area contributed by atoms with Crippen molar-refractivity contribution in [3.05, 3.63) is 27.7 Å². The normalized spacial score (nSPS) is 16.9. The number of phenols is 1. The van der Waals surface area contributed by atoms with Gasteiger partial charge in [0, 0.05) is 49.2 Å². The van der Waals surface area contributed by atoms with Crippen molar-refractivity contribution in [1.82, 2.24) is 10.2 Å². The number of nitrogens with zero attached hydrogens (tertiary/aromatic N) is 1. The molecule has 0 bridgehead atoms. The molecular formula is C14H19Cl4F3N2O. The van der Waals surface area contributed by atoms with Gasteiger partial charge in [-0.2, -0.15) is 13.2 Å². The lowest BCUT2D eigenvalue weighted by Gasteiger charge is -2.36. The summed E-state index contributed by atoms with van der Waals surface area (Å²) in [7, 11) is 0. The maximum Gasteiger partial charge on any atom is 0.389 e. The van der Waals surface area contributed by atoms with Gasteiger partial charge in [-0.15, -0.1) is 24.8 Å². The van der Waals surface area contributed by atoms with Gasteiger partial charge < -0.3 is 10.4 Å². The van der Waals surface area contributed by atoms with Crippen LogP contribution in [0.4, 0.5) is 13.2 Å². The first-order valence-corrected chi connectivity index (χ1v) is 7.73. The second kappa shape index (κ2) is 10.1. The van der Waals surface area contributed by atoms with Gasteiger partial charge in [0.1, 0.15) is 5.75 Å². The molecule has 0 unspecified atom stereocenters. The smallest absolute Gasteiger partial charge is 0.389 e. The number of alkyl halides is 3. The van der Waals surface area contributed by atoms with Crippen LogP contribution in [0.1, 0.15) is 24.4 Å². The average Bonchev–Trinajstić information content (AvgIpc) is 2.44. The summed E-state index contributed by atoms with van der Waals surface area (Å²) in [5.74, 6) is -0.197. The van der Waals surface area contributed by atoms with Crippen LogP contribution in [0.15, 0.2) is 12.1 Å². The van der Waals surface area contributed by atoms with Gasteiger partial charge in [0.2, 0.25) is 0 Å². The lowest BCUT2D eigenvalue weighted by atomic mass is 9.98. The van der Waals surface area contributed by atoms with Gasteiger partial charge in [-0.1, -0.05) is 23.2 Å². The molecule has 1 fully saturated rings. The zero-order valence-corrected chi connectivity index (χ0v) is 15.7. The first-order valence-electron chi connectivity index (χ1n) is 6.97. The Labute approximate surface area is 161 Å². The Morgan fingerprint density at radius 3 is 2.29 bits per heavy atom. The van der Waals surface area contributed by atoms with Crippen molar-refractivity contribution in [2.45, 2.75) is 25.1 Å². The summed E-state index contributed by atoms with van der Waals surface area (Å²) in [5.41, 5.74) is 0.351. The molecule has 0 radical (unpaired) electrons. The fourth-order valence-corrected chi connectivity index (χ4v) is 3.18. The molecule has 1 heterocycles. The van der Waals surface area contributed by atoms with Gasteiger partial charge in [0.05, 0.1) is 5.02 Å². The highest BCUT2D eigenvalue weighted by Crippen LogP contribution is 2.40. The Balaban J connectivity index is 0.00000264. The molecule has 1 saturated heterocycles. The molecule has 1 atom stereocenters. The average molecular weight is 430 g/mol. The second-order valence-corrected chi connectivity index (χ2v) is 6.12. The third-order valence-electron chi connectivity index (χ3n) is 3.71. The van der Waals surface area contributed by atoms with Crippen molar-refractivity contribution in [3.63, 3.8) is 0 Å². The number of halogens is 7. The van der Waals surface area contributed by atoms with Gasteiger partial charge in [-0.3, -0.25) is 4.90 Å². The van der Waals surface area contributed by atoms with E-state index < -0.39 is 18.6 Å². The Bertz CT molecular complexity index is 525. The zero-order chi connectivity index (χ0) is 16.3. The van der Waals surface area contributed by atoms with E-state index >= 15 is 0 Å². The van der Waals surface area contributed by atoms with E-state index in [0.29, 0.717) is 36.8 Å². The SMILES string of the molecule is Cl.Cl.Oc1c(Cl)cc(Cl)cc1[C@H](CCC(F)(F)F)N1CCNCC1. The van der Waals surface area contributed by atoms with Crippen LogP contribution in [-0.2, 0) is 0 Å². The third-order valence-corrected chi connectivity index (χ3v) is 4.22. The molecule has 3 nitrogen and oxygen atoms in total. The molecule has 0 saturated carbocycles. The van der Waals surface area contributed by atoms with Gasteiger partial charge in [-0.05, 0) is 18.6 Å². The van der Waals surface area contributed by atoms with Crippen molar-refractivity contribution < 1.29 is 18.3 Å². The van der Waals surface area contributed by atoms with Crippen molar-refractivity contribution in [3.8, 4) is 5.75 Å². The van der Waals surface area contributed by atoms with E-state index in [0.717, 1.165) is 0 Å². The molecule has 1 aromatic carbocycles. The van der Waals surface area contributed by atoms with E-state index in [4.69, 9.17) is 23.2 Å². The molecule has 1 aliphatic rings. The Morgan fingerprint density at radius 2 is 1.75 bits per heavy atom. The Morgan fingerprint density at radius 1 is 1.17 bits per heavy atom. The summed E-state index contributed by atoms with van der Waals surface area (Å²) in [6, 6.07) is 2.30. The summed E-state index contributed by atoms with van der Waals surface area (Å²) in [4.78, 5) is 1.92. The first-order chi connectivity index (χ1) is 10.3. The number of aromatic hydroxyl groups is 1. The minimum absolute atomic E-state index is 0. The van der Waals surface area contributed by atoms with Crippen LogP contribution in [-0.4, -0.2) is 42.4 Å². The molecule has 0 amide bonds. The quantitative estimate of drug-likeness (QED) is 0.719. The van der Waals surface area contributed by atoms with E-state index in [1.807, 2.05) is 4.90 Å². The molecule has 140 valence electrons. The first kappa shape index (κ1) is 23.9. The molecule has 1 aliphatic heterocycles. The van der Waals surface area contributed by atoms with Crippen molar-refractivity contribution in [2.24, 2.45) is 0 Å². The number of hydrogen-bond donors (Lipinski definition) is 2. The molecule has 24 heavy (non-hydrogen) atoms. The highest BCUT2D eigenvalue weighted by atomic mass is 35.5. The summed E-state index contributed by atoms with van der Waals surface area (Å²) < 4.78 is 37.8. The molecule has 2 rings (SSSR count). The second-order valence-electron chi connectivity index (χ2n) is 5.28. The summed E-state index contributed by atoms with van der Waals surface area (Å²) in [6.07, 6.45) is -5.32. The summed E-state index contributed by atoms with van der Waals surface area (Å²) in [5, 5.41) is 13.6. The molecular weight excluding hydrogens is 411 g/mol. The van der Waals surface area contributed by atoms with Crippen molar-refractivity contribution >= 4 is 48.0 Å². The lowest BCUT2D eigenvalue weighted by molar-refractivity contribution is -0.138. The van der Waals surface area contributed by atoms with E-state index in [1.54, 1.807) is 0 Å². The molecule has 2 N–H and O–H groups in total. The van der Waals surface area contributed by atoms with Crippen LogP contribution in [0, 0.1) is 0 Å². The van der Waals surface area contributed by atoms with Crippen LogP contribution in [0.25, 0.3) is 0 Å². The topological polar surface area (TPSA) is 35.5 Å². The van der Waals surface area contributed by atoms with Gasteiger partial charge in [0.15, 0.2) is 0 Å². The van der Waals surface area contributed by atoms with Crippen molar-refractivity contribution in [2.75, 3.05) is 26.2 Å². The third kappa shape index (κ3) is 6.65. The minimum Gasteiger partial charge on any atom is -0.506 e. The van der Waals surface area contributed by atoms with E-state index in [-0.39, 0.29) is 42.0 Å². The number of rotatable bonds is 4. The minimum atomic E-state index is -4.25. The fraction of sp³-hybridized carbons (Fsp3) is 0.571. The number of nitrogens with one attached hydrogen (secondary N) is 1. The number of phenolic OH excluding ortho intramolecular Hbond substituents is 1. The van der Waals surface area contributed by atoms with Crippen LogP contribution in [0.2, 0.25) is 10.0 Å². The van der Waals surface area contributed by atoms with Crippen molar-refractivity contribution in [1.29, 1.82) is 0 Å². The predicted molar refractivity (Wildman–Crippen MR) is 95.1 cm³/mol. The van der Waals surface area contributed by atoms with E-state index in [1.165, 1.54) is 12.1 Å². The van der Waals surface area contributed by atoms with Crippen LogP contribution in [0.5, 0.6) is 5.75 Å². The van der Waals surface area contributed by atoms with Crippen LogP contribution < -0.4 is 5.32 Å². The highest BCUT2D eigenvalue weighted by molar-refractivity contribution is 6.35. The van der Waals surface area contributed by atoms with Crippen LogP contribution in [0.3, 0.4) is 0 Å². The molecule has 1 aromatic rings. The summed E-state index contributed by atoms with van der Waals surface area (Å²) in [6.45, 7) is 2.59. The standard InChI is InChI=1S/C14H17Cl2F3N2O.2ClH/c15-9-7-10(13(22)11(16)8-9)12(1-2-14(17,18)19)21-5-3-20-4-6-21;;/h7-8,12,20,22H,1-6H2;2*1H/t12-;;/m0../s1. The lowest BCUT2D eigenvalue weighted by Crippen LogP contribution is -2.45.